The molecule has 1 aromatic carbocycles. The maximum Gasteiger partial charge on any atom is 0.343 e. The lowest BCUT2D eigenvalue weighted by Crippen LogP contribution is -2.28. The summed E-state index contributed by atoms with van der Waals surface area (Å²) in [5, 5.41) is 6.89. The molecule has 1 aliphatic heterocycles. The highest BCUT2D eigenvalue weighted by atomic mass is 32.1. The second kappa shape index (κ2) is 13.2. The molecule has 5 heterocycles. The van der Waals surface area contributed by atoms with E-state index < -0.39 is 6.04 Å². The number of nitrogens with zero attached hydrogens (tertiary/aromatic N) is 5. The number of rotatable bonds is 5. The van der Waals surface area contributed by atoms with Gasteiger partial charge >= 0.3 is 5.63 Å². The number of aryl methyl sites for hydroxylation is 1. The molecule has 6 rings (SSSR count). The molecule has 2 N–H and O–H groups in total. The fraction of sp³-hybridized carbons (Fsp3) is 0.419. The van der Waals surface area contributed by atoms with E-state index in [1.54, 1.807) is 16.0 Å². The van der Waals surface area contributed by atoms with Gasteiger partial charge in [-0.3, -0.25) is 4.90 Å². The highest BCUT2D eigenvalue weighted by molar-refractivity contribution is 7.15. The molecular formula is C31H40N6O2S. The molecule has 0 saturated carbocycles. The quantitative estimate of drug-likeness (QED) is 0.242. The fourth-order valence-electron chi connectivity index (χ4n) is 5.25. The molecule has 4 aromatic heterocycles. The molecule has 9 heteroatoms. The van der Waals surface area contributed by atoms with Crippen molar-refractivity contribution in [3.63, 3.8) is 0 Å². The molecule has 0 bridgehead atoms. The number of nitrogen functional groups attached to an aromatic ring is 1. The van der Waals surface area contributed by atoms with Crippen molar-refractivity contribution >= 4 is 39.0 Å². The Morgan fingerprint density at radius 1 is 1.00 bits per heavy atom. The summed E-state index contributed by atoms with van der Waals surface area (Å²) in [4.78, 5) is 26.5. The molecule has 1 saturated heterocycles. The van der Waals surface area contributed by atoms with Crippen LogP contribution in [-0.2, 0) is 6.54 Å². The first-order valence-corrected chi connectivity index (χ1v) is 15.2. The van der Waals surface area contributed by atoms with Crippen molar-refractivity contribution in [3.8, 4) is 10.4 Å². The number of likely N-dealkylation sites (tertiary alicyclic amines) is 1. The van der Waals surface area contributed by atoms with E-state index in [1.165, 1.54) is 30.5 Å². The summed E-state index contributed by atoms with van der Waals surface area (Å²) in [6.07, 6.45) is 5.28. The highest BCUT2D eigenvalue weighted by Gasteiger charge is 2.26. The third-order valence-corrected chi connectivity index (χ3v) is 8.13. The third kappa shape index (κ3) is 5.67. The average Bonchev–Trinajstić information content (AvgIpc) is 3.60. The lowest BCUT2D eigenvalue weighted by Gasteiger charge is -2.25. The van der Waals surface area contributed by atoms with Gasteiger partial charge in [0.2, 0.25) is 0 Å². The van der Waals surface area contributed by atoms with Crippen LogP contribution in [0.5, 0.6) is 0 Å². The lowest BCUT2D eigenvalue weighted by atomic mass is 10.0. The van der Waals surface area contributed by atoms with Crippen LogP contribution in [0.25, 0.3) is 32.2 Å². The maximum absolute atomic E-state index is 13.1. The minimum atomic E-state index is -0.393. The maximum atomic E-state index is 13.1. The monoisotopic (exact) mass is 560 g/mol. The number of fused-ring (bicyclic) bond motifs is 2. The van der Waals surface area contributed by atoms with Crippen molar-refractivity contribution < 1.29 is 4.42 Å². The zero-order valence-corrected chi connectivity index (χ0v) is 25.2. The number of hydrogen-bond acceptors (Lipinski definition) is 8. The minimum Gasteiger partial charge on any atom is -0.424 e. The van der Waals surface area contributed by atoms with E-state index in [4.69, 9.17) is 15.2 Å². The van der Waals surface area contributed by atoms with Gasteiger partial charge in [0.15, 0.2) is 5.65 Å². The van der Waals surface area contributed by atoms with Crippen LogP contribution < -0.4 is 11.4 Å². The zero-order valence-electron chi connectivity index (χ0n) is 24.4. The number of hydrogen-bond donors (Lipinski definition) is 1. The van der Waals surface area contributed by atoms with E-state index >= 15 is 0 Å². The van der Waals surface area contributed by atoms with Crippen molar-refractivity contribution in [3.05, 3.63) is 69.5 Å². The number of benzene rings is 1. The zero-order chi connectivity index (χ0) is 28.8. The molecule has 5 aromatic rings. The van der Waals surface area contributed by atoms with Gasteiger partial charge in [-0.25, -0.2) is 19.4 Å². The SMILES string of the molecule is CC.CC.Cc1nn(C(C)c2oc(=O)c3ccccc3c2-c2ccc(CN3CCCCC3)s2)c2ncnc(N)c12. The Balaban J connectivity index is 0.000000886. The first-order valence-electron chi connectivity index (χ1n) is 14.3. The lowest BCUT2D eigenvalue weighted by molar-refractivity contribution is 0.222. The van der Waals surface area contributed by atoms with Crippen LogP contribution in [0.15, 0.2) is 51.9 Å². The summed E-state index contributed by atoms with van der Waals surface area (Å²) in [5.74, 6) is 0.948. The van der Waals surface area contributed by atoms with Crippen LogP contribution in [0, 0.1) is 6.92 Å². The molecule has 212 valence electrons. The van der Waals surface area contributed by atoms with Crippen molar-refractivity contribution in [1.29, 1.82) is 0 Å². The Morgan fingerprint density at radius 2 is 1.70 bits per heavy atom. The molecule has 1 unspecified atom stereocenters. The molecule has 1 fully saturated rings. The van der Waals surface area contributed by atoms with Crippen LogP contribution in [0.4, 0.5) is 5.82 Å². The van der Waals surface area contributed by atoms with Gasteiger partial charge in [0.25, 0.3) is 0 Å². The van der Waals surface area contributed by atoms with E-state index in [0.717, 1.165) is 41.2 Å². The average molecular weight is 561 g/mol. The van der Waals surface area contributed by atoms with Crippen LogP contribution in [-0.4, -0.2) is 37.7 Å². The van der Waals surface area contributed by atoms with Crippen molar-refractivity contribution in [2.24, 2.45) is 0 Å². The molecule has 1 aliphatic rings. The topological polar surface area (TPSA) is 103 Å². The Bertz CT molecular complexity index is 1630. The van der Waals surface area contributed by atoms with Crippen LogP contribution in [0.3, 0.4) is 0 Å². The Hall–Kier alpha value is -3.56. The molecule has 0 aliphatic carbocycles. The first kappa shape index (κ1) is 29.4. The van der Waals surface area contributed by atoms with E-state index in [2.05, 4.69) is 27.0 Å². The predicted octanol–water partition coefficient (Wildman–Crippen LogP) is 7.20. The van der Waals surface area contributed by atoms with Gasteiger partial charge in [0, 0.05) is 27.2 Å². The van der Waals surface area contributed by atoms with E-state index in [1.807, 2.05) is 65.8 Å². The Labute approximate surface area is 239 Å². The first-order chi connectivity index (χ1) is 19.5. The number of thiophene rings is 1. The third-order valence-electron chi connectivity index (χ3n) is 7.04. The standard InChI is InChI=1S/C27H28N6O2S.2C2H6/c1-16-22-25(28)29-15-30-26(22)33(31-16)17(2)24-23(19-8-4-5-9-20(19)27(34)35-24)21-11-10-18(36-21)14-32-12-6-3-7-13-32;2*1-2/h4-5,8-11,15,17H,3,6-7,12-14H2,1-2H3,(H2,28,29,30);2*1-2H3. The van der Waals surface area contributed by atoms with E-state index in [0.29, 0.717) is 28.0 Å². The largest absolute Gasteiger partial charge is 0.424 e. The number of anilines is 1. The van der Waals surface area contributed by atoms with Gasteiger partial charge in [0.05, 0.1) is 16.5 Å². The van der Waals surface area contributed by atoms with Crippen LogP contribution in [0.1, 0.15) is 76.3 Å². The second-order valence-corrected chi connectivity index (χ2v) is 10.6. The fourth-order valence-corrected chi connectivity index (χ4v) is 6.37. The van der Waals surface area contributed by atoms with Gasteiger partial charge in [-0.05, 0) is 58.0 Å². The van der Waals surface area contributed by atoms with E-state index in [9.17, 15) is 4.79 Å². The number of nitrogens with two attached hydrogens (primary N) is 1. The summed E-state index contributed by atoms with van der Waals surface area (Å²) in [6, 6.07) is 11.6. The van der Waals surface area contributed by atoms with Gasteiger partial charge in [-0.15, -0.1) is 11.3 Å². The summed E-state index contributed by atoms with van der Waals surface area (Å²) in [7, 11) is 0. The highest BCUT2D eigenvalue weighted by Crippen LogP contribution is 2.40. The van der Waals surface area contributed by atoms with Crippen molar-refractivity contribution in [2.75, 3.05) is 18.8 Å². The molecule has 1 atom stereocenters. The number of aromatic nitrogens is 4. The predicted molar refractivity (Wildman–Crippen MR) is 166 cm³/mol. The number of piperidine rings is 1. The molecule has 0 radical (unpaired) electrons. The minimum absolute atomic E-state index is 0.358. The molecular weight excluding hydrogens is 520 g/mol. The molecule has 40 heavy (non-hydrogen) atoms. The van der Waals surface area contributed by atoms with Gasteiger partial charge in [0.1, 0.15) is 23.9 Å². The Kier molecular flexibility index (Phi) is 9.71. The second-order valence-electron chi connectivity index (χ2n) is 9.44. The van der Waals surface area contributed by atoms with Crippen molar-refractivity contribution in [2.45, 2.75) is 73.4 Å². The van der Waals surface area contributed by atoms with Gasteiger partial charge in [-0.2, -0.15) is 5.10 Å². The summed E-state index contributed by atoms with van der Waals surface area (Å²) >= 11 is 1.76. The summed E-state index contributed by atoms with van der Waals surface area (Å²) in [6.45, 7) is 15.1. The molecule has 0 spiro atoms. The Morgan fingerprint density at radius 3 is 2.42 bits per heavy atom. The van der Waals surface area contributed by atoms with Gasteiger partial charge in [-0.1, -0.05) is 52.3 Å². The van der Waals surface area contributed by atoms with E-state index in [-0.39, 0.29) is 5.63 Å². The normalized spacial score (nSPS) is 14.3. The summed E-state index contributed by atoms with van der Waals surface area (Å²) in [5.41, 5.74) is 8.05. The smallest absolute Gasteiger partial charge is 0.343 e. The summed E-state index contributed by atoms with van der Waals surface area (Å²) < 4.78 is 7.82. The molecule has 8 nitrogen and oxygen atoms in total. The van der Waals surface area contributed by atoms with Crippen LogP contribution >= 0.6 is 11.3 Å². The molecule has 0 amide bonds. The van der Waals surface area contributed by atoms with Crippen LogP contribution in [0.2, 0.25) is 0 Å². The van der Waals surface area contributed by atoms with Crippen molar-refractivity contribution in [1.82, 2.24) is 24.6 Å². The van der Waals surface area contributed by atoms with Gasteiger partial charge < -0.3 is 10.2 Å².